The number of hydrogen-bond donors (Lipinski definition) is 1. The molecule has 1 rings (SSSR count). The normalized spacial score (nSPS) is 11.1. The van der Waals surface area contributed by atoms with Crippen LogP contribution >= 0.6 is 23.1 Å². The van der Waals surface area contributed by atoms with Gasteiger partial charge in [-0.3, -0.25) is 4.90 Å². The number of aliphatic hydroxyl groups is 1. The molecule has 13 heavy (non-hydrogen) atoms. The number of likely N-dealkylation sites (N-methyl/N-ethyl adjacent to an activating group) is 1. The van der Waals surface area contributed by atoms with E-state index < -0.39 is 0 Å². The fourth-order valence-electron chi connectivity index (χ4n) is 0.865. The molecule has 0 saturated heterocycles. The first-order valence-electron chi connectivity index (χ1n) is 3.92. The van der Waals surface area contributed by atoms with Gasteiger partial charge in [0.15, 0.2) is 4.34 Å². The standard InChI is InChI=1S/C7H13N3OS2/c1-10(3-4-11)5-6-8-9-7(12-2)13-6/h11H,3-5H2,1-2H3. The molecule has 0 atom stereocenters. The quantitative estimate of drug-likeness (QED) is 0.738. The fourth-order valence-corrected chi connectivity index (χ4v) is 2.26. The first-order valence-corrected chi connectivity index (χ1v) is 5.96. The minimum atomic E-state index is 0.185. The number of thioether (sulfide) groups is 1. The number of rotatable bonds is 5. The first-order chi connectivity index (χ1) is 6.26. The smallest absolute Gasteiger partial charge is 0.174 e. The third-order valence-corrected chi connectivity index (χ3v) is 3.39. The second-order valence-electron chi connectivity index (χ2n) is 2.63. The summed E-state index contributed by atoms with van der Waals surface area (Å²) in [6.45, 7) is 1.62. The number of aromatic nitrogens is 2. The van der Waals surface area contributed by atoms with Crippen molar-refractivity contribution in [1.82, 2.24) is 15.1 Å². The van der Waals surface area contributed by atoms with Gasteiger partial charge in [0.2, 0.25) is 0 Å². The van der Waals surface area contributed by atoms with Crippen LogP contribution in [-0.4, -0.2) is 46.7 Å². The summed E-state index contributed by atoms with van der Waals surface area (Å²) in [5, 5.41) is 17.7. The van der Waals surface area contributed by atoms with Gasteiger partial charge in [0.1, 0.15) is 5.01 Å². The lowest BCUT2D eigenvalue weighted by Crippen LogP contribution is -2.21. The lowest BCUT2D eigenvalue weighted by molar-refractivity contribution is 0.217. The van der Waals surface area contributed by atoms with Crippen molar-refractivity contribution in [1.29, 1.82) is 0 Å². The molecule has 0 aliphatic carbocycles. The summed E-state index contributed by atoms with van der Waals surface area (Å²) in [6, 6.07) is 0. The van der Waals surface area contributed by atoms with Crippen molar-refractivity contribution in [3.05, 3.63) is 5.01 Å². The number of nitrogens with zero attached hydrogens (tertiary/aromatic N) is 3. The van der Waals surface area contributed by atoms with Gasteiger partial charge < -0.3 is 5.11 Å². The molecule has 0 aliphatic heterocycles. The molecule has 0 unspecified atom stereocenters. The van der Waals surface area contributed by atoms with Crippen LogP contribution < -0.4 is 0 Å². The number of aliphatic hydroxyl groups excluding tert-OH is 1. The van der Waals surface area contributed by atoms with E-state index in [9.17, 15) is 0 Å². The molecule has 0 aliphatic rings. The van der Waals surface area contributed by atoms with Crippen LogP contribution in [-0.2, 0) is 6.54 Å². The van der Waals surface area contributed by atoms with Crippen LogP contribution in [0.5, 0.6) is 0 Å². The molecular formula is C7H13N3OS2. The first kappa shape index (κ1) is 10.9. The Morgan fingerprint density at radius 2 is 2.31 bits per heavy atom. The predicted octanol–water partition coefficient (Wildman–Crippen LogP) is 0.684. The van der Waals surface area contributed by atoms with Crippen molar-refractivity contribution < 1.29 is 5.11 Å². The lowest BCUT2D eigenvalue weighted by Gasteiger charge is -2.11. The van der Waals surface area contributed by atoms with E-state index in [1.165, 1.54) is 0 Å². The summed E-state index contributed by atoms with van der Waals surface area (Å²) in [7, 11) is 1.95. The molecule has 0 amide bonds. The van der Waals surface area contributed by atoms with Gasteiger partial charge in [-0.2, -0.15) is 0 Å². The highest BCUT2D eigenvalue weighted by atomic mass is 32.2. The summed E-state index contributed by atoms with van der Waals surface area (Å²) in [6.07, 6.45) is 1.99. The average Bonchev–Trinajstić information content (AvgIpc) is 2.52. The van der Waals surface area contributed by atoms with Gasteiger partial charge in [-0.15, -0.1) is 10.2 Å². The van der Waals surface area contributed by atoms with E-state index in [-0.39, 0.29) is 6.61 Å². The summed E-state index contributed by atoms with van der Waals surface area (Å²) >= 11 is 3.21. The highest BCUT2D eigenvalue weighted by Gasteiger charge is 2.05. The zero-order valence-corrected chi connectivity index (χ0v) is 9.36. The van der Waals surface area contributed by atoms with Crippen LogP contribution in [0.15, 0.2) is 4.34 Å². The minimum Gasteiger partial charge on any atom is -0.395 e. The van der Waals surface area contributed by atoms with Crippen LogP contribution in [0.1, 0.15) is 5.01 Å². The SMILES string of the molecule is CSc1nnc(CN(C)CCO)s1. The molecule has 6 heteroatoms. The molecule has 74 valence electrons. The van der Waals surface area contributed by atoms with E-state index in [2.05, 4.69) is 10.2 Å². The molecule has 0 spiro atoms. The van der Waals surface area contributed by atoms with Crippen molar-refractivity contribution in [3.63, 3.8) is 0 Å². The van der Waals surface area contributed by atoms with Gasteiger partial charge in [0.05, 0.1) is 13.2 Å². The Kier molecular flexibility index (Phi) is 4.65. The maximum absolute atomic E-state index is 8.69. The van der Waals surface area contributed by atoms with Crippen molar-refractivity contribution in [2.75, 3.05) is 26.5 Å². The van der Waals surface area contributed by atoms with Crippen molar-refractivity contribution in [2.45, 2.75) is 10.9 Å². The van der Waals surface area contributed by atoms with E-state index in [0.29, 0.717) is 6.54 Å². The molecule has 4 nitrogen and oxygen atoms in total. The third kappa shape index (κ3) is 3.60. The Morgan fingerprint density at radius 1 is 1.54 bits per heavy atom. The molecule has 0 fully saturated rings. The Hall–Kier alpha value is -0.170. The van der Waals surface area contributed by atoms with Gasteiger partial charge in [0.25, 0.3) is 0 Å². The second kappa shape index (κ2) is 5.54. The Morgan fingerprint density at radius 3 is 2.85 bits per heavy atom. The van der Waals surface area contributed by atoms with Crippen LogP contribution in [0.4, 0.5) is 0 Å². The van der Waals surface area contributed by atoms with Crippen LogP contribution in [0.3, 0.4) is 0 Å². The Bertz CT molecular complexity index is 254. The van der Waals surface area contributed by atoms with Crippen LogP contribution in [0.2, 0.25) is 0 Å². The minimum absolute atomic E-state index is 0.185. The van der Waals surface area contributed by atoms with Crippen molar-refractivity contribution in [3.8, 4) is 0 Å². The third-order valence-electron chi connectivity index (χ3n) is 1.51. The van der Waals surface area contributed by atoms with Gasteiger partial charge in [-0.05, 0) is 13.3 Å². The van der Waals surface area contributed by atoms with E-state index in [0.717, 1.165) is 15.9 Å². The van der Waals surface area contributed by atoms with Gasteiger partial charge in [0, 0.05) is 6.54 Å². The molecule has 0 saturated carbocycles. The van der Waals surface area contributed by atoms with Gasteiger partial charge >= 0.3 is 0 Å². The second-order valence-corrected chi connectivity index (χ2v) is 4.74. The molecule has 0 bridgehead atoms. The molecular weight excluding hydrogens is 206 g/mol. The Balaban J connectivity index is 2.44. The van der Waals surface area contributed by atoms with E-state index in [1.54, 1.807) is 23.1 Å². The van der Waals surface area contributed by atoms with E-state index >= 15 is 0 Å². The van der Waals surface area contributed by atoms with Gasteiger partial charge in [-0.25, -0.2) is 0 Å². The van der Waals surface area contributed by atoms with Crippen molar-refractivity contribution in [2.24, 2.45) is 0 Å². The summed E-state index contributed by atoms with van der Waals surface area (Å²) < 4.78 is 0.993. The zero-order chi connectivity index (χ0) is 9.68. The molecule has 1 heterocycles. The molecule has 1 N–H and O–H groups in total. The topological polar surface area (TPSA) is 49.2 Å². The van der Waals surface area contributed by atoms with Crippen molar-refractivity contribution >= 4 is 23.1 Å². The molecule has 0 radical (unpaired) electrons. The van der Waals surface area contributed by atoms with Gasteiger partial charge in [-0.1, -0.05) is 23.1 Å². The summed E-state index contributed by atoms with van der Waals surface area (Å²) in [4.78, 5) is 2.02. The predicted molar refractivity (Wildman–Crippen MR) is 55.1 cm³/mol. The van der Waals surface area contributed by atoms with E-state index in [1.807, 2.05) is 18.2 Å². The highest BCUT2D eigenvalue weighted by molar-refractivity contribution is 8.00. The maximum atomic E-state index is 8.69. The Labute approximate surface area is 86.0 Å². The largest absolute Gasteiger partial charge is 0.395 e. The summed E-state index contributed by atoms with van der Waals surface area (Å²) in [5.74, 6) is 0. The monoisotopic (exact) mass is 219 g/mol. The molecule has 0 aromatic carbocycles. The van der Waals surface area contributed by atoms with E-state index in [4.69, 9.17) is 5.11 Å². The molecule has 1 aromatic rings. The number of hydrogen-bond acceptors (Lipinski definition) is 6. The zero-order valence-electron chi connectivity index (χ0n) is 7.73. The maximum Gasteiger partial charge on any atom is 0.174 e. The summed E-state index contributed by atoms with van der Waals surface area (Å²) in [5.41, 5.74) is 0. The van der Waals surface area contributed by atoms with Crippen LogP contribution in [0, 0.1) is 0 Å². The highest BCUT2D eigenvalue weighted by Crippen LogP contribution is 2.19. The lowest BCUT2D eigenvalue weighted by atomic mass is 10.5. The fraction of sp³-hybridized carbons (Fsp3) is 0.714. The average molecular weight is 219 g/mol. The van der Waals surface area contributed by atoms with Crippen LogP contribution in [0.25, 0.3) is 0 Å². The molecule has 1 aromatic heterocycles.